The van der Waals surface area contributed by atoms with Crippen molar-refractivity contribution in [3.05, 3.63) is 46.7 Å². The molecule has 2 aromatic rings. The summed E-state index contributed by atoms with van der Waals surface area (Å²) in [4.78, 5) is 13.7. The first-order valence-electron chi connectivity index (χ1n) is 5.95. The molecular weight excluding hydrogens is 264 g/mol. The van der Waals surface area contributed by atoms with Crippen LogP contribution in [0.3, 0.4) is 0 Å². The van der Waals surface area contributed by atoms with Crippen molar-refractivity contribution in [2.45, 2.75) is 19.4 Å². The van der Waals surface area contributed by atoms with E-state index in [-0.39, 0.29) is 11.9 Å². The third kappa shape index (κ3) is 3.32. The maximum atomic E-state index is 12.1. The molecule has 19 heavy (non-hydrogen) atoms. The van der Waals surface area contributed by atoms with Crippen molar-refractivity contribution in [3.63, 3.8) is 0 Å². The Morgan fingerprint density at radius 1 is 1.42 bits per heavy atom. The highest BCUT2D eigenvalue weighted by atomic mass is 35.5. The van der Waals surface area contributed by atoms with Crippen molar-refractivity contribution in [3.8, 4) is 0 Å². The molecule has 5 nitrogen and oxygen atoms in total. The number of H-pyrrole nitrogens is 1. The van der Waals surface area contributed by atoms with Crippen LogP contribution < -0.4 is 0 Å². The molecule has 0 spiro atoms. The van der Waals surface area contributed by atoms with Gasteiger partial charge in [-0.3, -0.25) is 4.79 Å². The number of amides is 1. The van der Waals surface area contributed by atoms with Crippen molar-refractivity contribution in [1.29, 1.82) is 0 Å². The number of aromatic nitrogens is 3. The summed E-state index contributed by atoms with van der Waals surface area (Å²) >= 11 is 5.85. The van der Waals surface area contributed by atoms with Crippen molar-refractivity contribution in [1.82, 2.24) is 20.3 Å². The number of likely N-dealkylation sites (N-methyl/N-ethyl adjacent to an activating group) is 1. The van der Waals surface area contributed by atoms with Gasteiger partial charge in [-0.2, -0.15) is 15.4 Å². The van der Waals surface area contributed by atoms with E-state index in [1.807, 2.05) is 31.2 Å². The number of aromatic amines is 1. The molecule has 0 saturated heterocycles. The summed E-state index contributed by atoms with van der Waals surface area (Å²) in [6, 6.07) is 7.69. The zero-order valence-electron chi connectivity index (χ0n) is 10.8. The summed E-state index contributed by atoms with van der Waals surface area (Å²) in [6.45, 7) is 1.99. The van der Waals surface area contributed by atoms with Gasteiger partial charge in [-0.15, -0.1) is 0 Å². The van der Waals surface area contributed by atoms with Gasteiger partial charge in [0.2, 0.25) is 0 Å². The lowest BCUT2D eigenvalue weighted by Crippen LogP contribution is -2.36. The molecular formula is C13H15ClN4O. The Bertz CT molecular complexity index is 538. The molecule has 0 bridgehead atoms. The zero-order valence-corrected chi connectivity index (χ0v) is 11.6. The van der Waals surface area contributed by atoms with Crippen LogP contribution >= 0.6 is 11.6 Å². The second kappa shape index (κ2) is 5.84. The van der Waals surface area contributed by atoms with Crippen molar-refractivity contribution in [2.75, 3.05) is 7.05 Å². The van der Waals surface area contributed by atoms with Gasteiger partial charge in [0.05, 0.1) is 6.20 Å². The largest absolute Gasteiger partial charge is 0.337 e. The van der Waals surface area contributed by atoms with E-state index in [1.54, 1.807) is 11.9 Å². The van der Waals surface area contributed by atoms with Crippen LogP contribution in [0.5, 0.6) is 0 Å². The normalized spacial score (nSPS) is 12.2. The first-order valence-corrected chi connectivity index (χ1v) is 6.33. The fourth-order valence-electron chi connectivity index (χ4n) is 1.78. The molecule has 0 aliphatic carbocycles. The molecule has 1 aromatic heterocycles. The van der Waals surface area contributed by atoms with E-state index in [9.17, 15) is 4.79 Å². The lowest BCUT2D eigenvalue weighted by Gasteiger charge is -2.24. The predicted octanol–water partition coefficient (Wildman–Crippen LogP) is 2.16. The van der Waals surface area contributed by atoms with Crippen LogP contribution in [0.15, 0.2) is 30.5 Å². The quantitative estimate of drug-likeness (QED) is 0.932. The van der Waals surface area contributed by atoms with Gasteiger partial charge < -0.3 is 4.90 Å². The van der Waals surface area contributed by atoms with E-state index in [2.05, 4.69) is 15.4 Å². The molecule has 1 amide bonds. The number of nitrogens with zero attached hydrogens (tertiary/aromatic N) is 3. The highest BCUT2D eigenvalue weighted by Gasteiger charge is 2.19. The lowest BCUT2D eigenvalue weighted by molar-refractivity contribution is 0.0737. The summed E-state index contributed by atoms with van der Waals surface area (Å²) in [5.74, 6) is -0.143. The van der Waals surface area contributed by atoms with Gasteiger partial charge in [0.1, 0.15) is 0 Å². The van der Waals surface area contributed by atoms with E-state index in [4.69, 9.17) is 11.6 Å². The maximum Gasteiger partial charge on any atom is 0.276 e. The number of carbonyl (C=O) groups excluding carboxylic acids is 1. The monoisotopic (exact) mass is 278 g/mol. The molecule has 1 aromatic carbocycles. The maximum absolute atomic E-state index is 12.1. The van der Waals surface area contributed by atoms with Gasteiger partial charge in [-0.1, -0.05) is 23.7 Å². The van der Waals surface area contributed by atoms with Crippen molar-refractivity contribution >= 4 is 17.5 Å². The van der Waals surface area contributed by atoms with Crippen molar-refractivity contribution in [2.24, 2.45) is 0 Å². The van der Waals surface area contributed by atoms with Crippen molar-refractivity contribution < 1.29 is 4.79 Å². The van der Waals surface area contributed by atoms with Crippen LogP contribution in [0.1, 0.15) is 23.0 Å². The summed E-state index contributed by atoms with van der Waals surface area (Å²) < 4.78 is 0. The zero-order chi connectivity index (χ0) is 13.8. The van der Waals surface area contributed by atoms with E-state index in [0.29, 0.717) is 10.7 Å². The van der Waals surface area contributed by atoms with E-state index >= 15 is 0 Å². The molecule has 1 atom stereocenters. The topological polar surface area (TPSA) is 61.9 Å². The first kappa shape index (κ1) is 13.5. The molecule has 0 radical (unpaired) electrons. The lowest BCUT2D eigenvalue weighted by atomic mass is 10.1. The van der Waals surface area contributed by atoms with Gasteiger partial charge in [-0.25, -0.2) is 0 Å². The number of benzene rings is 1. The minimum atomic E-state index is -0.143. The molecule has 0 aliphatic rings. The summed E-state index contributed by atoms with van der Waals surface area (Å²) in [6.07, 6.45) is 2.19. The Kier molecular flexibility index (Phi) is 4.16. The molecule has 0 unspecified atom stereocenters. The smallest absolute Gasteiger partial charge is 0.276 e. The second-order valence-electron chi connectivity index (χ2n) is 4.45. The second-order valence-corrected chi connectivity index (χ2v) is 4.89. The molecule has 1 heterocycles. The summed E-state index contributed by atoms with van der Waals surface area (Å²) in [7, 11) is 1.76. The average Bonchev–Trinajstić information content (AvgIpc) is 2.93. The molecule has 0 fully saturated rings. The number of rotatable bonds is 4. The van der Waals surface area contributed by atoms with Crippen LogP contribution in [-0.4, -0.2) is 39.3 Å². The number of nitrogens with one attached hydrogen (secondary N) is 1. The molecule has 1 N–H and O–H groups in total. The minimum absolute atomic E-state index is 0.0605. The average molecular weight is 279 g/mol. The van der Waals surface area contributed by atoms with Crippen LogP contribution in [0, 0.1) is 0 Å². The fraction of sp³-hybridized carbons (Fsp3) is 0.308. The first-order chi connectivity index (χ1) is 9.08. The molecule has 100 valence electrons. The molecule has 0 aliphatic heterocycles. The van der Waals surface area contributed by atoms with Gasteiger partial charge >= 0.3 is 0 Å². The van der Waals surface area contributed by atoms with E-state index in [1.165, 1.54) is 6.20 Å². The van der Waals surface area contributed by atoms with Crippen LogP contribution in [0.2, 0.25) is 5.02 Å². The number of halogens is 1. The minimum Gasteiger partial charge on any atom is -0.337 e. The standard InChI is InChI=1S/C13H15ClN4O/c1-9(7-10-3-5-11(14)6-4-10)18(2)13(19)12-8-15-17-16-12/h3-6,8-9H,7H2,1-2H3,(H,15,16,17)/t9-/m0/s1. The predicted molar refractivity (Wildman–Crippen MR) is 73.1 cm³/mol. The Morgan fingerprint density at radius 2 is 2.11 bits per heavy atom. The highest BCUT2D eigenvalue weighted by molar-refractivity contribution is 6.30. The Balaban J connectivity index is 2.01. The molecule has 0 saturated carbocycles. The van der Waals surface area contributed by atoms with Crippen LogP contribution in [0.25, 0.3) is 0 Å². The third-order valence-electron chi connectivity index (χ3n) is 3.06. The van der Waals surface area contributed by atoms with Gasteiger partial charge in [0.15, 0.2) is 5.69 Å². The molecule has 2 rings (SSSR count). The Labute approximate surface area is 116 Å². The molecule has 6 heteroatoms. The summed E-state index contributed by atoms with van der Waals surface area (Å²) in [5.41, 5.74) is 1.46. The number of carbonyl (C=O) groups is 1. The van der Waals surface area contributed by atoms with Gasteiger partial charge in [0.25, 0.3) is 5.91 Å². The van der Waals surface area contributed by atoms with E-state index in [0.717, 1.165) is 12.0 Å². The third-order valence-corrected chi connectivity index (χ3v) is 3.31. The SMILES string of the molecule is C[C@@H](Cc1ccc(Cl)cc1)N(C)C(=O)c1cn[nH]n1. The summed E-state index contributed by atoms with van der Waals surface area (Å²) in [5, 5.41) is 10.6. The van der Waals surface area contributed by atoms with Crippen LogP contribution in [-0.2, 0) is 6.42 Å². The van der Waals surface area contributed by atoms with Crippen LogP contribution in [0.4, 0.5) is 0 Å². The number of hydrogen-bond donors (Lipinski definition) is 1. The fourth-order valence-corrected chi connectivity index (χ4v) is 1.91. The Morgan fingerprint density at radius 3 is 2.68 bits per heavy atom. The highest BCUT2D eigenvalue weighted by Crippen LogP contribution is 2.13. The number of hydrogen-bond acceptors (Lipinski definition) is 3. The Hall–Kier alpha value is -1.88. The van der Waals surface area contributed by atoms with Gasteiger partial charge in [-0.05, 0) is 31.0 Å². The van der Waals surface area contributed by atoms with E-state index < -0.39 is 0 Å². The van der Waals surface area contributed by atoms with Gasteiger partial charge in [0, 0.05) is 18.1 Å².